The van der Waals surface area contributed by atoms with Gasteiger partial charge in [0, 0.05) is 12.6 Å². The number of ether oxygens (including phenoxy) is 3. The Kier molecular flexibility index (Phi) is 5.53. The Morgan fingerprint density at radius 1 is 1.30 bits per heavy atom. The Morgan fingerprint density at radius 2 is 2.15 bits per heavy atom. The summed E-state index contributed by atoms with van der Waals surface area (Å²) >= 11 is 0. The summed E-state index contributed by atoms with van der Waals surface area (Å²) in [5.74, 6) is 2.24. The zero-order valence-electron chi connectivity index (χ0n) is 12.7. The van der Waals surface area contributed by atoms with Gasteiger partial charge in [-0.1, -0.05) is 26.2 Å². The molecule has 1 aromatic rings. The van der Waals surface area contributed by atoms with Gasteiger partial charge in [-0.3, -0.25) is 0 Å². The second-order valence-corrected chi connectivity index (χ2v) is 5.31. The van der Waals surface area contributed by atoms with E-state index >= 15 is 0 Å². The predicted molar refractivity (Wildman–Crippen MR) is 79.6 cm³/mol. The molecule has 0 bridgehead atoms. The third-order valence-electron chi connectivity index (χ3n) is 3.61. The molecule has 0 saturated carbocycles. The molecular weight excluding hydrogens is 254 g/mol. The van der Waals surface area contributed by atoms with E-state index < -0.39 is 0 Å². The van der Waals surface area contributed by atoms with Gasteiger partial charge in [0.15, 0.2) is 11.5 Å². The number of hydrogen-bond donors (Lipinski definition) is 1. The SMILES string of the molecule is CCCCCC(C)NCc1cc(OC)c2c(c1)OCO2. The fraction of sp³-hybridized carbons (Fsp3) is 0.625. The van der Waals surface area contributed by atoms with Crippen LogP contribution in [0.4, 0.5) is 0 Å². The van der Waals surface area contributed by atoms with Crippen LogP contribution in [0, 0.1) is 0 Å². The van der Waals surface area contributed by atoms with E-state index in [1.165, 1.54) is 25.7 Å². The van der Waals surface area contributed by atoms with Crippen molar-refractivity contribution in [1.29, 1.82) is 0 Å². The van der Waals surface area contributed by atoms with Crippen LogP contribution in [0.2, 0.25) is 0 Å². The van der Waals surface area contributed by atoms with Crippen molar-refractivity contribution in [2.45, 2.75) is 52.1 Å². The zero-order chi connectivity index (χ0) is 14.4. The van der Waals surface area contributed by atoms with E-state index in [2.05, 4.69) is 19.2 Å². The summed E-state index contributed by atoms with van der Waals surface area (Å²) < 4.78 is 16.2. The Bertz CT molecular complexity index is 434. The van der Waals surface area contributed by atoms with Gasteiger partial charge in [-0.25, -0.2) is 0 Å². The molecule has 4 heteroatoms. The van der Waals surface area contributed by atoms with Gasteiger partial charge in [0.1, 0.15) is 0 Å². The normalized spacial score (nSPS) is 14.3. The molecule has 112 valence electrons. The van der Waals surface area contributed by atoms with Crippen LogP contribution in [-0.4, -0.2) is 19.9 Å². The Labute approximate surface area is 121 Å². The maximum atomic E-state index is 5.44. The number of fused-ring (bicyclic) bond motifs is 1. The standard InChI is InChI=1S/C16H25NO3/c1-4-5-6-7-12(2)17-10-13-8-14(18-3)16-15(9-13)19-11-20-16/h8-9,12,17H,4-7,10-11H2,1-3H3. The molecule has 1 heterocycles. The van der Waals surface area contributed by atoms with Gasteiger partial charge < -0.3 is 19.5 Å². The summed E-state index contributed by atoms with van der Waals surface area (Å²) in [6.07, 6.45) is 5.08. The summed E-state index contributed by atoms with van der Waals surface area (Å²) in [5.41, 5.74) is 1.16. The average molecular weight is 279 g/mol. The first-order valence-corrected chi connectivity index (χ1v) is 7.44. The van der Waals surface area contributed by atoms with Crippen LogP contribution >= 0.6 is 0 Å². The quantitative estimate of drug-likeness (QED) is 0.740. The summed E-state index contributed by atoms with van der Waals surface area (Å²) in [4.78, 5) is 0. The molecule has 1 aliphatic rings. The number of benzene rings is 1. The molecule has 0 aromatic heterocycles. The fourth-order valence-electron chi connectivity index (χ4n) is 2.38. The number of unbranched alkanes of at least 4 members (excludes halogenated alkanes) is 2. The summed E-state index contributed by atoms with van der Waals surface area (Å²) in [5, 5.41) is 3.55. The van der Waals surface area contributed by atoms with Gasteiger partial charge in [0.2, 0.25) is 12.5 Å². The van der Waals surface area contributed by atoms with Gasteiger partial charge in [-0.2, -0.15) is 0 Å². The van der Waals surface area contributed by atoms with Crippen LogP contribution in [0.3, 0.4) is 0 Å². The Morgan fingerprint density at radius 3 is 2.90 bits per heavy atom. The molecule has 0 aliphatic carbocycles. The average Bonchev–Trinajstić information content (AvgIpc) is 2.92. The molecule has 0 saturated heterocycles. The van der Waals surface area contributed by atoms with Crippen molar-refractivity contribution in [1.82, 2.24) is 5.32 Å². The van der Waals surface area contributed by atoms with E-state index in [0.717, 1.165) is 23.6 Å². The van der Waals surface area contributed by atoms with Crippen molar-refractivity contribution in [2.75, 3.05) is 13.9 Å². The predicted octanol–water partition coefficient (Wildman–Crippen LogP) is 3.48. The molecule has 4 nitrogen and oxygen atoms in total. The largest absolute Gasteiger partial charge is 0.493 e. The smallest absolute Gasteiger partial charge is 0.231 e. The van der Waals surface area contributed by atoms with Crippen molar-refractivity contribution < 1.29 is 14.2 Å². The van der Waals surface area contributed by atoms with Crippen LogP contribution in [0.1, 0.15) is 45.1 Å². The second-order valence-electron chi connectivity index (χ2n) is 5.31. The second kappa shape index (κ2) is 7.39. The molecule has 0 radical (unpaired) electrons. The highest BCUT2D eigenvalue weighted by Gasteiger charge is 2.20. The number of nitrogens with one attached hydrogen (secondary N) is 1. The Balaban J connectivity index is 1.90. The molecule has 1 aromatic carbocycles. The van der Waals surface area contributed by atoms with Gasteiger partial charge in [-0.15, -0.1) is 0 Å². The summed E-state index contributed by atoms with van der Waals surface area (Å²) in [6, 6.07) is 4.56. The lowest BCUT2D eigenvalue weighted by molar-refractivity contribution is 0.171. The van der Waals surface area contributed by atoms with Crippen LogP contribution in [0.25, 0.3) is 0 Å². The third kappa shape index (κ3) is 3.79. The number of methoxy groups -OCH3 is 1. The highest BCUT2D eigenvalue weighted by atomic mass is 16.7. The van der Waals surface area contributed by atoms with Gasteiger partial charge in [-0.05, 0) is 31.0 Å². The van der Waals surface area contributed by atoms with Gasteiger partial charge >= 0.3 is 0 Å². The minimum Gasteiger partial charge on any atom is -0.493 e. The lowest BCUT2D eigenvalue weighted by Crippen LogP contribution is -2.25. The molecule has 20 heavy (non-hydrogen) atoms. The monoisotopic (exact) mass is 279 g/mol. The van der Waals surface area contributed by atoms with Crippen molar-refractivity contribution >= 4 is 0 Å². The van der Waals surface area contributed by atoms with E-state index in [1.807, 2.05) is 12.1 Å². The third-order valence-corrected chi connectivity index (χ3v) is 3.61. The zero-order valence-corrected chi connectivity index (χ0v) is 12.7. The van der Waals surface area contributed by atoms with Gasteiger partial charge in [0.05, 0.1) is 7.11 Å². The maximum absolute atomic E-state index is 5.44. The first kappa shape index (κ1) is 15.0. The first-order valence-electron chi connectivity index (χ1n) is 7.44. The molecule has 1 aliphatic heterocycles. The minimum atomic E-state index is 0.274. The highest BCUT2D eigenvalue weighted by molar-refractivity contribution is 5.55. The minimum absolute atomic E-state index is 0.274. The van der Waals surface area contributed by atoms with E-state index in [-0.39, 0.29) is 6.79 Å². The highest BCUT2D eigenvalue weighted by Crippen LogP contribution is 2.41. The molecular formula is C16H25NO3. The van der Waals surface area contributed by atoms with Crippen LogP contribution in [-0.2, 0) is 6.54 Å². The molecule has 0 amide bonds. The summed E-state index contributed by atoms with van der Waals surface area (Å²) in [6.45, 7) is 5.56. The van der Waals surface area contributed by atoms with Crippen molar-refractivity contribution in [2.24, 2.45) is 0 Å². The van der Waals surface area contributed by atoms with Crippen LogP contribution in [0.5, 0.6) is 17.2 Å². The fourth-order valence-corrected chi connectivity index (χ4v) is 2.38. The number of hydrogen-bond acceptors (Lipinski definition) is 4. The van der Waals surface area contributed by atoms with E-state index in [0.29, 0.717) is 11.8 Å². The molecule has 0 spiro atoms. The van der Waals surface area contributed by atoms with Gasteiger partial charge in [0.25, 0.3) is 0 Å². The van der Waals surface area contributed by atoms with Crippen molar-refractivity contribution in [3.63, 3.8) is 0 Å². The maximum Gasteiger partial charge on any atom is 0.231 e. The molecule has 2 rings (SSSR count). The van der Waals surface area contributed by atoms with Crippen molar-refractivity contribution in [3.8, 4) is 17.2 Å². The Hall–Kier alpha value is -1.42. The van der Waals surface area contributed by atoms with E-state index in [9.17, 15) is 0 Å². The van der Waals surface area contributed by atoms with E-state index in [1.54, 1.807) is 7.11 Å². The lowest BCUT2D eigenvalue weighted by Gasteiger charge is -2.14. The number of rotatable bonds is 8. The lowest BCUT2D eigenvalue weighted by atomic mass is 10.1. The van der Waals surface area contributed by atoms with Crippen LogP contribution < -0.4 is 19.5 Å². The van der Waals surface area contributed by atoms with E-state index in [4.69, 9.17) is 14.2 Å². The van der Waals surface area contributed by atoms with Crippen molar-refractivity contribution in [3.05, 3.63) is 17.7 Å². The molecule has 1 atom stereocenters. The van der Waals surface area contributed by atoms with Crippen LogP contribution in [0.15, 0.2) is 12.1 Å². The molecule has 0 fully saturated rings. The molecule has 1 N–H and O–H groups in total. The topological polar surface area (TPSA) is 39.7 Å². The molecule has 1 unspecified atom stereocenters. The summed E-state index contributed by atoms with van der Waals surface area (Å²) in [7, 11) is 1.65. The first-order chi connectivity index (χ1) is 9.74.